The van der Waals surface area contributed by atoms with Crippen LogP contribution in [0.2, 0.25) is 0 Å². The number of rotatable bonds is 5. The summed E-state index contributed by atoms with van der Waals surface area (Å²) in [4.78, 5) is 14.9. The normalized spacial score (nSPS) is 16.4. The lowest BCUT2D eigenvalue weighted by atomic mass is 9.95. The van der Waals surface area contributed by atoms with Gasteiger partial charge in [0.15, 0.2) is 5.11 Å². The van der Waals surface area contributed by atoms with E-state index in [9.17, 15) is 4.79 Å². The van der Waals surface area contributed by atoms with Gasteiger partial charge in [-0.05, 0) is 42.4 Å². The van der Waals surface area contributed by atoms with E-state index in [-0.39, 0.29) is 18.6 Å². The van der Waals surface area contributed by atoms with Crippen LogP contribution in [0.3, 0.4) is 0 Å². The maximum absolute atomic E-state index is 12.8. The molecule has 0 amide bonds. The summed E-state index contributed by atoms with van der Waals surface area (Å²) in [6.07, 6.45) is 0. The Balaban J connectivity index is 1.84. The van der Waals surface area contributed by atoms with E-state index >= 15 is 0 Å². The van der Waals surface area contributed by atoms with Crippen LogP contribution in [0.15, 0.2) is 65.9 Å². The van der Waals surface area contributed by atoms with E-state index in [0.717, 1.165) is 16.8 Å². The lowest BCUT2D eigenvalue weighted by molar-refractivity contribution is -0.140. The standard InChI is InChI=1S/C21H23N3O2S/c1-14-18(20(25)26-13-15-7-5-4-6-8-15)19(23-21(27)22-14)16-9-11-17(12-10-16)24(2)3/h4-12,19H,13H2,1-3H3,(H2,22,23,27)/t19-/m0/s1. The van der Waals surface area contributed by atoms with Crippen LogP contribution >= 0.6 is 12.2 Å². The first-order valence-corrected chi connectivity index (χ1v) is 9.13. The molecular formula is C21H23N3O2S. The number of benzene rings is 2. The van der Waals surface area contributed by atoms with Crippen molar-refractivity contribution in [3.8, 4) is 0 Å². The van der Waals surface area contributed by atoms with Crippen LogP contribution < -0.4 is 15.5 Å². The van der Waals surface area contributed by atoms with Crippen molar-refractivity contribution >= 4 is 29.0 Å². The smallest absolute Gasteiger partial charge is 0.338 e. The number of allylic oxidation sites excluding steroid dienone is 1. The second-order valence-corrected chi connectivity index (χ2v) is 7.03. The average molecular weight is 382 g/mol. The Hall–Kier alpha value is -2.86. The summed E-state index contributed by atoms with van der Waals surface area (Å²) in [6, 6.07) is 17.3. The number of nitrogens with one attached hydrogen (secondary N) is 2. The fraction of sp³-hybridized carbons (Fsp3) is 0.238. The molecule has 0 aliphatic carbocycles. The number of ether oxygens (including phenoxy) is 1. The number of hydrogen-bond acceptors (Lipinski definition) is 4. The van der Waals surface area contributed by atoms with Crippen LogP contribution in [-0.2, 0) is 16.1 Å². The Morgan fingerprint density at radius 3 is 2.41 bits per heavy atom. The van der Waals surface area contributed by atoms with E-state index in [2.05, 4.69) is 10.6 Å². The van der Waals surface area contributed by atoms with Crippen LogP contribution in [0.25, 0.3) is 0 Å². The van der Waals surface area contributed by atoms with Crippen molar-refractivity contribution in [3.63, 3.8) is 0 Å². The number of carbonyl (C=O) groups is 1. The number of hydrogen-bond donors (Lipinski definition) is 2. The Bertz CT molecular complexity index is 861. The van der Waals surface area contributed by atoms with Crippen molar-refractivity contribution in [3.05, 3.63) is 77.0 Å². The molecule has 0 fully saturated rings. The molecule has 0 bridgehead atoms. The van der Waals surface area contributed by atoms with Gasteiger partial charge in [-0.3, -0.25) is 0 Å². The molecule has 1 atom stereocenters. The number of carbonyl (C=O) groups excluding carboxylic acids is 1. The van der Waals surface area contributed by atoms with E-state index < -0.39 is 0 Å². The average Bonchev–Trinajstić information content (AvgIpc) is 2.66. The molecule has 0 saturated heterocycles. The van der Waals surface area contributed by atoms with Gasteiger partial charge in [0.05, 0.1) is 11.6 Å². The molecule has 0 spiro atoms. The van der Waals surface area contributed by atoms with Crippen LogP contribution in [0, 0.1) is 0 Å². The van der Waals surface area contributed by atoms with Crippen LogP contribution in [0.5, 0.6) is 0 Å². The van der Waals surface area contributed by atoms with Crippen LogP contribution in [0.4, 0.5) is 5.69 Å². The molecule has 5 nitrogen and oxygen atoms in total. The van der Waals surface area contributed by atoms with E-state index in [1.807, 2.05) is 80.5 Å². The van der Waals surface area contributed by atoms with Gasteiger partial charge in [-0.1, -0.05) is 42.5 Å². The van der Waals surface area contributed by atoms with E-state index in [1.54, 1.807) is 0 Å². The molecule has 27 heavy (non-hydrogen) atoms. The third-order valence-electron chi connectivity index (χ3n) is 4.44. The Morgan fingerprint density at radius 2 is 1.78 bits per heavy atom. The van der Waals surface area contributed by atoms with Crippen molar-refractivity contribution in [2.75, 3.05) is 19.0 Å². The van der Waals surface area contributed by atoms with Gasteiger partial charge in [-0.15, -0.1) is 0 Å². The zero-order chi connectivity index (χ0) is 19.4. The van der Waals surface area contributed by atoms with Gasteiger partial charge in [-0.2, -0.15) is 0 Å². The number of anilines is 1. The van der Waals surface area contributed by atoms with Crippen molar-refractivity contribution in [1.82, 2.24) is 10.6 Å². The van der Waals surface area contributed by atoms with Gasteiger partial charge in [-0.25, -0.2) is 4.79 Å². The zero-order valence-corrected chi connectivity index (χ0v) is 16.5. The summed E-state index contributed by atoms with van der Waals surface area (Å²) < 4.78 is 5.56. The van der Waals surface area contributed by atoms with Gasteiger partial charge in [0.1, 0.15) is 6.61 Å². The second-order valence-electron chi connectivity index (χ2n) is 6.62. The van der Waals surface area contributed by atoms with E-state index in [1.165, 1.54) is 0 Å². The fourth-order valence-corrected chi connectivity index (χ4v) is 3.25. The Kier molecular flexibility index (Phi) is 5.76. The van der Waals surface area contributed by atoms with Crippen molar-refractivity contribution < 1.29 is 9.53 Å². The first kappa shape index (κ1) is 18.9. The minimum atomic E-state index is -0.361. The molecule has 0 unspecified atom stereocenters. The Morgan fingerprint density at radius 1 is 1.11 bits per heavy atom. The molecule has 0 aromatic heterocycles. The fourth-order valence-electron chi connectivity index (χ4n) is 2.98. The maximum atomic E-state index is 12.8. The highest BCUT2D eigenvalue weighted by Gasteiger charge is 2.31. The number of thiocarbonyl (C=S) groups is 1. The third-order valence-corrected chi connectivity index (χ3v) is 4.66. The van der Waals surface area contributed by atoms with Crippen molar-refractivity contribution in [1.29, 1.82) is 0 Å². The first-order chi connectivity index (χ1) is 13.0. The largest absolute Gasteiger partial charge is 0.457 e. The van der Waals surface area contributed by atoms with Crippen LogP contribution in [0.1, 0.15) is 24.1 Å². The minimum Gasteiger partial charge on any atom is -0.457 e. The van der Waals surface area contributed by atoms with Crippen molar-refractivity contribution in [2.24, 2.45) is 0 Å². The summed E-state index contributed by atoms with van der Waals surface area (Å²) in [5.41, 5.74) is 4.23. The van der Waals surface area contributed by atoms with Gasteiger partial charge in [0.2, 0.25) is 0 Å². The first-order valence-electron chi connectivity index (χ1n) is 8.72. The molecule has 2 aromatic rings. The zero-order valence-electron chi connectivity index (χ0n) is 15.7. The van der Waals surface area contributed by atoms with Gasteiger partial charge in [0.25, 0.3) is 0 Å². The molecule has 2 aromatic carbocycles. The summed E-state index contributed by atoms with van der Waals surface area (Å²) in [5.74, 6) is -0.361. The van der Waals surface area contributed by atoms with Gasteiger partial charge >= 0.3 is 5.97 Å². The lowest BCUT2D eigenvalue weighted by Crippen LogP contribution is -2.45. The molecule has 2 N–H and O–H groups in total. The number of nitrogens with zero attached hydrogens (tertiary/aromatic N) is 1. The van der Waals surface area contributed by atoms with Gasteiger partial charge in [0, 0.05) is 25.5 Å². The molecule has 1 heterocycles. The molecule has 0 saturated carbocycles. The summed E-state index contributed by atoms with van der Waals surface area (Å²) in [7, 11) is 3.98. The van der Waals surface area contributed by atoms with Gasteiger partial charge < -0.3 is 20.3 Å². The molecule has 1 aliphatic rings. The predicted octanol–water partition coefficient (Wildman–Crippen LogP) is 3.29. The summed E-state index contributed by atoms with van der Waals surface area (Å²) >= 11 is 5.29. The SMILES string of the molecule is CC1=C(C(=O)OCc2ccccc2)[C@H](c2ccc(N(C)C)cc2)NC(=S)N1. The topological polar surface area (TPSA) is 53.6 Å². The van der Waals surface area contributed by atoms with Crippen molar-refractivity contribution in [2.45, 2.75) is 19.6 Å². The quantitative estimate of drug-likeness (QED) is 0.612. The summed E-state index contributed by atoms with van der Waals surface area (Å²) in [6.45, 7) is 2.07. The molecule has 6 heteroatoms. The molecule has 140 valence electrons. The molecule has 0 radical (unpaired) electrons. The number of esters is 1. The second kappa shape index (κ2) is 8.22. The molecule has 1 aliphatic heterocycles. The highest BCUT2D eigenvalue weighted by Crippen LogP contribution is 2.29. The monoisotopic (exact) mass is 381 g/mol. The van der Waals surface area contributed by atoms with E-state index in [4.69, 9.17) is 17.0 Å². The Labute approximate surface area is 165 Å². The third kappa shape index (κ3) is 4.46. The molecular weight excluding hydrogens is 358 g/mol. The lowest BCUT2D eigenvalue weighted by Gasteiger charge is -2.30. The van der Waals surface area contributed by atoms with Crippen LogP contribution in [-0.4, -0.2) is 25.2 Å². The molecule has 3 rings (SSSR count). The maximum Gasteiger partial charge on any atom is 0.338 e. The van der Waals surface area contributed by atoms with E-state index in [0.29, 0.717) is 16.4 Å². The minimum absolute atomic E-state index is 0.229. The highest BCUT2D eigenvalue weighted by atomic mass is 32.1. The summed E-state index contributed by atoms with van der Waals surface area (Å²) in [5, 5.41) is 6.71. The predicted molar refractivity (Wildman–Crippen MR) is 111 cm³/mol. The highest BCUT2D eigenvalue weighted by molar-refractivity contribution is 7.80.